The highest BCUT2D eigenvalue weighted by Gasteiger charge is 2.19. The van der Waals surface area contributed by atoms with Gasteiger partial charge >= 0.3 is 0 Å². The van der Waals surface area contributed by atoms with Gasteiger partial charge in [0.15, 0.2) is 5.13 Å². The predicted octanol–water partition coefficient (Wildman–Crippen LogP) is 1.88. The van der Waals surface area contributed by atoms with Crippen LogP contribution in [-0.2, 0) is 0 Å². The molecule has 5 nitrogen and oxygen atoms in total. The van der Waals surface area contributed by atoms with Crippen molar-refractivity contribution in [3.05, 3.63) is 35.5 Å². The molecule has 1 saturated heterocycles. The molecule has 0 unspecified atom stereocenters. The van der Waals surface area contributed by atoms with Crippen molar-refractivity contribution in [1.82, 2.24) is 9.97 Å². The van der Waals surface area contributed by atoms with Crippen LogP contribution >= 0.6 is 11.3 Å². The van der Waals surface area contributed by atoms with Crippen molar-refractivity contribution in [2.24, 2.45) is 5.73 Å². The van der Waals surface area contributed by atoms with Crippen LogP contribution in [0.2, 0.25) is 0 Å². The number of nitrogens with two attached hydrogens (primary N) is 1. The van der Waals surface area contributed by atoms with Crippen LogP contribution in [0.1, 0.15) is 18.5 Å². The average molecular weight is 289 g/mol. The molecule has 0 radical (unpaired) electrons. The molecule has 0 bridgehead atoms. The van der Waals surface area contributed by atoms with Crippen LogP contribution in [-0.4, -0.2) is 36.1 Å². The van der Waals surface area contributed by atoms with Gasteiger partial charge in [0.05, 0.1) is 0 Å². The van der Waals surface area contributed by atoms with E-state index in [0.717, 1.165) is 42.7 Å². The lowest BCUT2D eigenvalue weighted by Gasteiger charge is -2.35. The molecule has 0 amide bonds. The van der Waals surface area contributed by atoms with Crippen LogP contribution in [0.25, 0.3) is 0 Å². The second kappa shape index (κ2) is 5.76. The molecule has 20 heavy (non-hydrogen) atoms. The van der Waals surface area contributed by atoms with Crippen LogP contribution in [0.4, 0.5) is 10.9 Å². The van der Waals surface area contributed by atoms with Crippen molar-refractivity contribution in [2.45, 2.75) is 13.0 Å². The molecule has 3 rings (SSSR count). The second-order valence-corrected chi connectivity index (χ2v) is 5.90. The Kier molecular flexibility index (Phi) is 3.84. The lowest BCUT2D eigenvalue weighted by atomic mass is 10.1. The van der Waals surface area contributed by atoms with Crippen molar-refractivity contribution in [1.29, 1.82) is 0 Å². The summed E-state index contributed by atoms with van der Waals surface area (Å²) in [5, 5.41) is 3.14. The minimum absolute atomic E-state index is 0.0401. The van der Waals surface area contributed by atoms with E-state index in [2.05, 4.69) is 31.9 Å². The third-order valence-electron chi connectivity index (χ3n) is 3.59. The number of rotatable bonds is 3. The minimum Gasteiger partial charge on any atom is -0.353 e. The normalized spacial score (nSPS) is 17.3. The number of anilines is 2. The van der Waals surface area contributed by atoms with Crippen molar-refractivity contribution in [3.8, 4) is 0 Å². The SMILES string of the molecule is C[C@H](N)c1ccc(N2CCN(c3nccs3)CC2)nc1. The van der Waals surface area contributed by atoms with Gasteiger partial charge in [-0.3, -0.25) is 0 Å². The summed E-state index contributed by atoms with van der Waals surface area (Å²) in [5.74, 6) is 1.04. The molecule has 1 atom stereocenters. The molecule has 2 N–H and O–H groups in total. The quantitative estimate of drug-likeness (QED) is 0.935. The van der Waals surface area contributed by atoms with Gasteiger partial charge in [-0.1, -0.05) is 6.07 Å². The van der Waals surface area contributed by atoms with Gasteiger partial charge in [0.25, 0.3) is 0 Å². The molecule has 1 aliphatic heterocycles. The molecule has 2 aromatic rings. The summed E-state index contributed by atoms with van der Waals surface area (Å²) >= 11 is 1.70. The number of piperazine rings is 1. The highest BCUT2D eigenvalue weighted by atomic mass is 32.1. The van der Waals surface area contributed by atoms with Crippen LogP contribution in [0.3, 0.4) is 0 Å². The second-order valence-electron chi connectivity index (χ2n) is 5.03. The molecular weight excluding hydrogens is 270 g/mol. The van der Waals surface area contributed by atoms with Gasteiger partial charge in [-0.2, -0.15) is 0 Å². The Balaban J connectivity index is 1.63. The highest BCUT2D eigenvalue weighted by molar-refractivity contribution is 7.13. The Hall–Kier alpha value is -1.66. The smallest absolute Gasteiger partial charge is 0.185 e. The molecule has 0 aromatic carbocycles. The molecule has 0 saturated carbocycles. The first-order valence-corrected chi connectivity index (χ1v) is 7.73. The minimum atomic E-state index is 0.0401. The average Bonchev–Trinajstić information content (AvgIpc) is 3.02. The maximum atomic E-state index is 5.85. The Morgan fingerprint density at radius 3 is 2.45 bits per heavy atom. The topological polar surface area (TPSA) is 58.3 Å². The van der Waals surface area contributed by atoms with Gasteiger partial charge in [0.1, 0.15) is 5.82 Å². The van der Waals surface area contributed by atoms with Gasteiger partial charge in [0.2, 0.25) is 0 Å². The predicted molar refractivity (Wildman–Crippen MR) is 83.4 cm³/mol. The molecule has 1 fully saturated rings. The van der Waals surface area contributed by atoms with Gasteiger partial charge in [-0.25, -0.2) is 9.97 Å². The Labute approximate surface area is 123 Å². The summed E-state index contributed by atoms with van der Waals surface area (Å²) in [5.41, 5.74) is 6.93. The van der Waals surface area contributed by atoms with Crippen molar-refractivity contribution < 1.29 is 0 Å². The van der Waals surface area contributed by atoms with E-state index in [-0.39, 0.29) is 6.04 Å². The molecule has 0 spiro atoms. The van der Waals surface area contributed by atoms with E-state index in [1.165, 1.54) is 0 Å². The first-order chi connectivity index (χ1) is 9.74. The summed E-state index contributed by atoms with van der Waals surface area (Å²) in [4.78, 5) is 13.5. The molecular formula is C14H19N5S. The fourth-order valence-electron chi connectivity index (χ4n) is 2.35. The Bertz CT molecular complexity index is 529. The van der Waals surface area contributed by atoms with Crippen molar-refractivity contribution in [3.63, 3.8) is 0 Å². The Morgan fingerprint density at radius 2 is 1.90 bits per heavy atom. The van der Waals surface area contributed by atoms with Gasteiger partial charge in [-0.15, -0.1) is 11.3 Å². The molecule has 0 aliphatic carbocycles. The van der Waals surface area contributed by atoms with Crippen molar-refractivity contribution in [2.75, 3.05) is 36.0 Å². The number of aromatic nitrogens is 2. The maximum Gasteiger partial charge on any atom is 0.185 e. The van der Waals surface area contributed by atoms with E-state index >= 15 is 0 Å². The van der Waals surface area contributed by atoms with E-state index in [9.17, 15) is 0 Å². The summed E-state index contributed by atoms with van der Waals surface area (Å²) in [6, 6.07) is 4.18. The molecule has 3 heterocycles. The van der Waals surface area contributed by atoms with Gasteiger partial charge < -0.3 is 15.5 Å². The largest absolute Gasteiger partial charge is 0.353 e. The van der Waals surface area contributed by atoms with E-state index in [0.29, 0.717) is 0 Å². The van der Waals surface area contributed by atoms with Crippen LogP contribution in [0.15, 0.2) is 29.9 Å². The fourth-order valence-corrected chi connectivity index (χ4v) is 3.05. The van der Waals surface area contributed by atoms with Crippen molar-refractivity contribution >= 4 is 22.3 Å². The third kappa shape index (κ3) is 2.76. The zero-order valence-electron chi connectivity index (χ0n) is 11.6. The summed E-state index contributed by atoms with van der Waals surface area (Å²) in [7, 11) is 0. The third-order valence-corrected chi connectivity index (χ3v) is 4.42. The first-order valence-electron chi connectivity index (χ1n) is 6.85. The van der Waals surface area contributed by atoms with E-state index in [1.54, 1.807) is 11.3 Å². The number of hydrogen-bond acceptors (Lipinski definition) is 6. The lowest BCUT2D eigenvalue weighted by molar-refractivity contribution is 0.645. The monoisotopic (exact) mass is 289 g/mol. The number of thiazole rings is 1. The summed E-state index contributed by atoms with van der Waals surface area (Å²) in [6.45, 7) is 5.91. The molecule has 2 aromatic heterocycles. The molecule has 6 heteroatoms. The molecule has 1 aliphatic rings. The van der Waals surface area contributed by atoms with Crippen LogP contribution in [0.5, 0.6) is 0 Å². The standard InChI is InChI=1S/C14H19N5S/c1-11(15)12-2-3-13(17-10-12)18-5-7-19(8-6-18)14-16-4-9-20-14/h2-4,9-11H,5-8,15H2,1H3/t11-/m0/s1. The Morgan fingerprint density at radius 1 is 1.15 bits per heavy atom. The highest BCUT2D eigenvalue weighted by Crippen LogP contribution is 2.21. The van der Waals surface area contributed by atoms with E-state index < -0.39 is 0 Å². The zero-order valence-corrected chi connectivity index (χ0v) is 12.4. The van der Waals surface area contributed by atoms with Gasteiger partial charge in [0, 0.05) is 50.0 Å². The first kappa shape index (κ1) is 13.3. The summed E-state index contributed by atoms with van der Waals surface area (Å²) in [6.07, 6.45) is 3.74. The van der Waals surface area contributed by atoms with Crippen LogP contribution < -0.4 is 15.5 Å². The lowest BCUT2D eigenvalue weighted by Crippen LogP contribution is -2.46. The summed E-state index contributed by atoms with van der Waals surface area (Å²) < 4.78 is 0. The van der Waals surface area contributed by atoms with E-state index in [4.69, 9.17) is 5.73 Å². The van der Waals surface area contributed by atoms with Crippen LogP contribution in [0, 0.1) is 0 Å². The molecule has 106 valence electrons. The zero-order chi connectivity index (χ0) is 13.9. The number of hydrogen-bond donors (Lipinski definition) is 1. The van der Waals surface area contributed by atoms with Gasteiger partial charge in [-0.05, 0) is 18.6 Å². The number of nitrogens with zero attached hydrogens (tertiary/aromatic N) is 4. The number of pyridine rings is 1. The maximum absolute atomic E-state index is 5.85. The van der Waals surface area contributed by atoms with E-state index in [1.807, 2.05) is 24.7 Å². The fraction of sp³-hybridized carbons (Fsp3) is 0.429.